The second-order valence-electron chi connectivity index (χ2n) is 4.48. The molecule has 1 aromatic carbocycles. The van der Waals surface area contributed by atoms with Crippen LogP contribution in [0.2, 0.25) is 0 Å². The Morgan fingerprint density at radius 3 is 2.53 bits per heavy atom. The third-order valence-electron chi connectivity index (χ3n) is 2.85. The van der Waals surface area contributed by atoms with Crippen LogP contribution in [0.4, 0.5) is 0 Å². The average Bonchev–Trinajstić information content (AvgIpc) is 2.37. The molecule has 94 valence electrons. The molecule has 0 fully saturated rings. The van der Waals surface area contributed by atoms with Gasteiger partial charge in [-0.3, -0.25) is 4.79 Å². The van der Waals surface area contributed by atoms with Crippen LogP contribution in [0.1, 0.15) is 38.7 Å². The van der Waals surface area contributed by atoms with Crippen LogP contribution in [-0.2, 0) is 10.3 Å². The van der Waals surface area contributed by atoms with Gasteiger partial charge in [0.1, 0.15) is 0 Å². The molecule has 3 heteroatoms. The van der Waals surface area contributed by atoms with Crippen molar-refractivity contribution in [3.8, 4) is 0 Å². The van der Waals surface area contributed by atoms with Crippen LogP contribution < -0.4 is 5.32 Å². The van der Waals surface area contributed by atoms with E-state index in [0.29, 0.717) is 12.3 Å². The van der Waals surface area contributed by atoms with Crippen LogP contribution in [0.15, 0.2) is 30.3 Å². The Hall–Kier alpha value is -1.02. The maximum absolute atomic E-state index is 11.8. The molecule has 1 unspecified atom stereocenters. The largest absolute Gasteiger partial charge is 0.346 e. The maximum Gasteiger partial charge on any atom is 0.220 e. The minimum Gasteiger partial charge on any atom is -0.346 e. The summed E-state index contributed by atoms with van der Waals surface area (Å²) in [5.41, 5.74) is 0.563. The summed E-state index contributed by atoms with van der Waals surface area (Å²) in [4.78, 5) is 11.8. The van der Waals surface area contributed by atoms with Crippen LogP contribution >= 0.6 is 11.6 Å². The lowest BCUT2D eigenvalue weighted by atomic mass is 9.94. The first-order valence-corrected chi connectivity index (χ1v) is 6.58. The number of unbranched alkanes of at least 4 members (excludes halogenated alkanes) is 1. The van der Waals surface area contributed by atoms with E-state index < -0.39 is 5.54 Å². The van der Waals surface area contributed by atoms with E-state index in [9.17, 15) is 4.79 Å². The molecule has 1 N–H and O–H groups in total. The molecule has 0 aliphatic carbocycles. The summed E-state index contributed by atoms with van der Waals surface area (Å²) in [7, 11) is 0. The van der Waals surface area contributed by atoms with Crippen molar-refractivity contribution in [3.63, 3.8) is 0 Å². The predicted octanol–water partition coefficient (Wildman–Crippen LogP) is 3.45. The molecule has 17 heavy (non-hydrogen) atoms. The van der Waals surface area contributed by atoms with Gasteiger partial charge in [0, 0.05) is 12.3 Å². The van der Waals surface area contributed by atoms with Crippen molar-refractivity contribution < 1.29 is 4.79 Å². The molecule has 1 amide bonds. The minimum absolute atomic E-state index is 0.0684. The zero-order chi connectivity index (χ0) is 12.7. The number of carbonyl (C=O) groups excluding carboxylic acids is 1. The lowest BCUT2D eigenvalue weighted by Gasteiger charge is -2.29. The molecule has 0 aromatic heterocycles. The Labute approximate surface area is 108 Å². The first kappa shape index (κ1) is 14.0. The summed E-state index contributed by atoms with van der Waals surface area (Å²) in [5.74, 6) is 0.438. The zero-order valence-corrected chi connectivity index (χ0v) is 11.3. The lowest BCUT2D eigenvalue weighted by Crippen LogP contribution is -2.44. The molecule has 0 aliphatic heterocycles. The van der Waals surface area contributed by atoms with Crippen LogP contribution in [0.25, 0.3) is 0 Å². The summed E-state index contributed by atoms with van der Waals surface area (Å²) in [5, 5.41) is 3.02. The number of nitrogens with one attached hydrogen (secondary N) is 1. The van der Waals surface area contributed by atoms with Crippen molar-refractivity contribution >= 4 is 17.5 Å². The topological polar surface area (TPSA) is 29.1 Å². The summed E-state index contributed by atoms with van der Waals surface area (Å²) >= 11 is 6.01. The van der Waals surface area contributed by atoms with Crippen LogP contribution in [-0.4, -0.2) is 11.8 Å². The first-order valence-electron chi connectivity index (χ1n) is 6.05. The van der Waals surface area contributed by atoms with E-state index in [1.165, 1.54) is 0 Å². The predicted molar refractivity (Wildman–Crippen MR) is 72.2 cm³/mol. The minimum atomic E-state index is -0.479. The van der Waals surface area contributed by atoms with Crippen molar-refractivity contribution in [3.05, 3.63) is 35.9 Å². The van der Waals surface area contributed by atoms with Gasteiger partial charge in [0.05, 0.1) is 5.54 Å². The van der Waals surface area contributed by atoms with Gasteiger partial charge < -0.3 is 5.32 Å². The number of rotatable bonds is 6. The molecule has 0 aliphatic rings. The number of hydrogen-bond donors (Lipinski definition) is 1. The van der Waals surface area contributed by atoms with E-state index in [4.69, 9.17) is 11.6 Å². The SMILES string of the molecule is CCCCC(=O)NC(C)(CCl)c1ccccc1. The molecule has 0 heterocycles. The molecular weight excluding hydrogens is 234 g/mol. The summed E-state index contributed by atoms with van der Waals surface area (Å²) in [6.45, 7) is 4.03. The fraction of sp³-hybridized carbons (Fsp3) is 0.500. The number of alkyl halides is 1. The van der Waals surface area contributed by atoms with Crippen molar-refractivity contribution in [2.24, 2.45) is 0 Å². The van der Waals surface area contributed by atoms with Gasteiger partial charge in [-0.05, 0) is 18.9 Å². The number of benzene rings is 1. The van der Waals surface area contributed by atoms with Crippen molar-refractivity contribution in [1.29, 1.82) is 0 Å². The molecule has 1 aromatic rings. The molecule has 0 saturated heterocycles. The number of hydrogen-bond acceptors (Lipinski definition) is 1. The standard InChI is InChI=1S/C14H20ClNO/c1-3-4-10-13(17)16-14(2,11-15)12-8-6-5-7-9-12/h5-9H,3-4,10-11H2,1-2H3,(H,16,17). The van der Waals surface area contributed by atoms with Crippen molar-refractivity contribution in [2.45, 2.75) is 38.6 Å². The lowest BCUT2D eigenvalue weighted by molar-refractivity contribution is -0.122. The fourth-order valence-corrected chi connectivity index (χ4v) is 1.92. The van der Waals surface area contributed by atoms with Gasteiger partial charge in [0.2, 0.25) is 5.91 Å². The quantitative estimate of drug-likeness (QED) is 0.773. The smallest absolute Gasteiger partial charge is 0.220 e. The molecule has 0 spiro atoms. The molecule has 1 atom stereocenters. The highest BCUT2D eigenvalue weighted by atomic mass is 35.5. The highest BCUT2D eigenvalue weighted by Gasteiger charge is 2.26. The molecule has 1 rings (SSSR count). The van der Waals surface area contributed by atoms with E-state index in [0.717, 1.165) is 18.4 Å². The third-order valence-corrected chi connectivity index (χ3v) is 3.39. The summed E-state index contributed by atoms with van der Waals surface area (Å²) in [6, 6.07) is 9.85. The highest BCUT2D eigenvalue weighted by molar-refractivity contribution is 6.18. The third kappa shape index (κ3) is 4.04. The fourth-order valence-electron chi connectivity index (χ4n) is 1.70. The highest BCUT2D eigenvalue weighted by Crippen LogP contribution is 2.22. The Balaban J connectivity index is 2.72. The van der Waals surface area contributed by atoms with Crippen LogP contribution in [0, 0.1) is 0 Å². The summed E-state index contributed by atoms with van der Waals surface area (Å²) < 4.78 is 0. The van der Waals surface area contributed by atoms with E-state index in [2.05, 4.69) is 12.2 Å². The Bertz CT molecular complexity index is 352. The zero-order valence-electron chi connectivity index (χ0n) is 10.5. The van der Waals surface area contributed by atoms with Crippen molar-refractivity contribution in [2.75, 3.05) is 5.88 Å². The average molecular weight is 254 g/mol. The Morgan fingerprint density at radius 1 is 1.35 bits per heavy atom. The van der Waals surface area contributed by atoms with Crippen molar-refractivity contribution in [1.82, 2.24) is 5.32 Å². The molecule has 0 saturated carbocycles. The van der Waals surface area contributed by atoms with E-state index in [1.54, 1.807) is 0 Å². The van der Waals surface area contributed by atoms with E-state index in [-0.39, 0.29) is 5.91 Å². The first-order chi connectivity index (χ1) is 8.12. The van der Waals surface area contributed by atoms with Gasteiger partial charge in [-0.2, -0.15) is 0 Å². The monoisotopic (exact) mass is 253 g/mol. The van der Waals surface area contributed by atoms with Crippen LogP contribution in [0.5, 0.6) is 0 Å². The number of carbonyl (C=O) groups is 1. The molecule has 2 nitrogen and oxygen atoms in total. The van der Waals surface area contributed by atoms with E-state index in [1.807, 2.05) is 37.3 Å². The second kappa shape index (κ2) is 6.65. The normalized spacial score (nSPS) is 14.1. The summed E-state index contributed by atoms with van der Waals surface area (Å²) in [6.07, 6.45) is 2.51. The molecule has 0 bridgehead atoms. The van der Waals surface area contributed by atoms with E-state index >= 15 is 0 Å². The number of amides is 1. The Morgan fingerprint density at radius 2 is 2.00 bits per heavy atom. The van der Waals surface area contributed by atoms with Crippen LogP contribution in [0.3, 0.4) is 0 Å². The number of halogens is 1. The molecular formula is C14H20ClNO. The second-order valence-corrected chi connectivity index (χ2v) is 4.75. The van der Waals surface area contributed by atoms with Gasteiger partial charge in [-0.15, -0.1) is 11.6 Å². The molecule has 0 radical (unpaired) electrons. The maximum atomic E-state index is 11.8. The van der Waals surface area contributed by atoms with Gasteiger partial charge in [0.15, 0.2) is 0 Å². The van der Waals surface area contributed by atoms with Gasteiger partial charge >= 0.3 is 0 Å². The van der Waals surface area contributed by atoms with Gasteiger partial charge in [0.25, 0.3) is 0 Å². The van der Waals surface area contributed by atoms with Gasteiger partial charge in [-0.1, -0.05) is 43.7 Å². The van der Waals surface area contributed by atoms with Gasteiger partial charge in [-0.25, -0.2) is 0 Å². The Kier molecular flexibility index (Phi) is 5.49.